The number of unbranched alkanes of at least 4 members (excludes halogenated alkanes) is 5. The minimum Gasteiger partial charge on any atom is -0.748 e. The van der Waals surface area contributed by atoms with Gasteiger partial charge in [0.25, 0.3) is 0 Å². The summed E-state index contributed by atoms with van der Waals surface area (Å²) in [5.41, 5.74) is 0. The molecule has 0 radical (unpaired) electrons. The van der Waals surface area contributed by atoms with Crippen molar-refractivity contribution in [2.45, 2.75) is 95.8 Å². The van der Waals surface area contributed by atoms with Crippen LogP contribution in [0.3, 0.4) is 0 Å². The molecule has 0 aliphatic carbocycles. The maximum Gasteiger partial charge on any atom is 1.00 e. The summed E-state index contributed by atoms with van der Waals surface area (Å²) in [7, 11) is -4.14. The summed E-state index contributed by atoms with van der Waals surface area (Å²) < 4.78 is 32.7. The van der Waals surface area contributed by atoms with Crippen LogP contribution in [0, 0.1) is 0 Å². The molecule has 0 aromatic rings. The van der Waals surface area contributed by atoms with Crippen molar-refractivity contribution >= 4 is 10.1 Å². The summed E-state index contributed by atoms with van der Waals surface area (Å²) in [5.74, 6) is 0. The van der Waals surface area contributed by atoms with E-state index in [9.17, 15) is 18.1 Å². The third-order valence-electron chi connectivity index (χ3n) is 3.82. The first-order valence-corrected chi connectivity index (χ1v) is 9.51. The van der Waals surface area contributed by atoms with Crippen LogP contribution in [0.15, 0.2) is 0 Å². The molecule has 0 aliphatic heterocycles. The summed E-state index contributed by atoms with van der Waals surface area (Å²) in [6.07, 6.45) is 9.53. The zero-order chi connectivity index (χ0) is 15.4. The normalized spacial score (nSPS) is 14.5. The number of aliphatic hydroxyl groups excluding tert-OH is 1. The molecule has 4 nitrogen and oxygen atoms in total. The van der Waals surface area contributed by atoms with Gasteiger partial charge in [-0.25, -0.2) is 8.42 Å². The topological polar surface area (TPSA) is 77.4 Å². The zero-order valence-electron chi connectivity index (χ0n) is 14.0. The van der Waals surface area contributed by atoms with E-state index in [0.717, 1.165) is 38.5 Å². The Morgan fingerprint density at radius 2 is 1.38 bits per heavy atom. The zero-order valence-corrected chi connectivity index (χ0v) is 16.8. The standard InChI is InChI=1S/C15H32O4S.Na/c1-3-5-6-8-11-14(16)12-9-7-10-13-15(4-2)20(17,18)19;/h14-16H,3-13H2,1-2H3,(H,17,18,19);/q;+1/p-1. The van der Waals surface area contributed by atoms with Crippen LogP contribution >= 0.6 is 0 Å². The van der Waals surface area contributed by atoms with E-state index < -0.39 is 15.4 Å². The van der Waals surface area contributed by atoms with Crippen LogP contribution in [0.5, 0.6) is 0 Å². The Labute approximate surface area is 153 Å². The van der Waals surface area contributed by atoms with Crippen LogP contribution in [0.4, 0.5) is 0 Å². The van der Waals surface area contributed by atoms with Crippen LogP contribution in [0.2, 0.25) is 0 Å². The summed E-state index contributed by atoms with van der Waals surface area (Å²) in [4.78, 5) is 0. The molecular weight excluding hydrogens is 299 g/mol. The second-order valence-electron chi connectivity index (χ2n) is 5.66. The van der Waals surface area contributed by atoms with Crippen LogP contribution in [-0.4, -0.2) is 29.4 Å². The molecule has 0 saturated carbocycles. The first-order chi connectivity index (χ1) is 9.41. The Morgan fingerprint density at radius 3 is 1.81 bits per heavy atom. The van der Waals surface area contributed by atoms with E-state index in [1.165, 1.54) is 19.3 Å². The van der Waals surface area contributed by atoms with Gasteiger partial charge in [0, 0.05) is 5.25 Å². The molecular formula is C15H31NaO4S. The third-order valence-corrected chi connectivity index (χ3v) is 5.20. The van der Waals surface area contributed by atoms with Crippen LogP contribution in [-0.2, 0) is 10.1 Å². The van der Waals surface area contributed by atoms with Gasteiger partial charge in [-0.2, -0.15) is 0 Å². The fraction of sp³-hybridized carbons (Fsp3) is 1.00. The van der Waals surface area contributed by atoms with E-state index in [1.807, 2.05) is 0 Å². The Bertz CT molecular complexity index is 320. The van der Waals surface area contributed by atoms with Crippen LogP contribution < -0.4 is 29.6 Å². The van der Waals surface area contributed by atoms with E-state index in [0.29, 0.717) is 12.8 Å². The van der Waals surface area contributed by atoms with Crippen molar-refractivity contribution in [3.05, 3.63) is 0 Å². The molecule has 0 rings (SSSR count). The molecule has 21 heavy (non-hydrogen) atoms. The van der Waals surface area contributed by atoms with E-state index in [1.54, 1.807) is 6.92 Å². The number of hydrogen-bond acceptors (Lipinski definition) is 4. The number of hydrogen-bond donors (Lipinski definition) is 1. The molecule has 1 N–H and O–H groups in total. The van der Waals surface area contributed by atoms with Gasteiger partial charge in [0.15, 0.2) is 0 Å². The smallest absolute Gasteiger partial charge is 0.748 e. The monoisotopic (exact) mass is 330 g/mol. The van der Waals surface area contributed by atoms with E-state index in [2.05, 4.69) is 6.92 Å². The molecule has 0 fully saturated rings. The van der Waals surface area contributed by atoms with Gasteiger partial charge in [0.2, 0.25) is 0 Å². The maximum atomic E-state index is 10.9. The molecule has 0 aromatic heterocycles. The number of aliphatic hydroxyl groups is 1. The fourth-order valence-electron chi connectivity index (χ4n) is 2.43. The van der Waals surface area contributed by atoms with Gasteiger partial charge in [0.05, 0.1) is 16.2 Å². The molecule has 0 aliphatic rings. The second-order valence-corrected chi connectivity index (χ2v) is 7.32. The van der Waals surface area contributed by atoms with Gasteiger partial charge in [-0.1, -0.05) is 58.8 Å². The number of rotatable bonds is 13. The quantitative estimate of drug-likeness (QED) is 0.305. The van der Waals surface area contributed by atoms with Crippen molar-refractivity contribution in [1.29, 1.82) is 0 Å². The minimum atomic E-state index is -4.14. The average Bonchev–Trinajstić information content (AvgIpc) is 2.37. The fourth-order valence-corrected chi connectivity index (χ4v) is 3.30. The van der Waals surface area contributed by atoms with Gasteiger partial charge >= 0.3 is 29.6 Å². The van der Waals surface area contributed by atoms with E-state index in [-0.39, 0.29) is 35.7 Å². The molecule has 122 valence electrons. The molecule has 6 heteroatoms. The van der Waals surface area contributed by atoms with Gasteiger partial charge < -0.3 is 9.66 Å². The average molecular weight is 330 g/mol. The largest absolute Gasteiger partial charge is 1.00 e. The van der Waals surface area contributed by atoms with Crippen molar-refractivity contribution < 1.29 is 47.6 Å². The van der Waals surface area contributed by atoms with Crippen LogP contribution in [0.25, 0.3) is 0 Å². The van der Waals surface area contributed by atoms with Crippen molar-refractivity contribution in [2.75, 3.05) is 0 Å². The molecule has 0 aromatic carbocycles. The van der Waals surface area contributed by atoms with Gasteiger partial charge in [-0.05, 0) is 25.7 Å². The van der Waals surface area contributed by atoms with Crippen molar-refractivity contribution in [1.82, 2.24) is 0 Å². The van der Waals surface area contributed by atoms with Crippen LogP contribution in [0.1, 0.15) is 84.5 Å². The first kappa shape index (κ1) is 24.1. The molecule has 0 heterocycles. The Kier molecular flexibility index (Phi) is 16.6. The van der Waals surface area contributed by atoms with Crippen molar-refractivity contribution in [2.24, 2.45) is 0 Å². The van der Waals surface area contributed by atoms with Crippen molar-refractivity contribution in [3.8, 4) is 0 Å². The Morgan fingerprint density at radius 1 is 0.905 bits per heavy atom. The Balaban J connectivity index is 0. The summed E-state index contributed by atoms with van der Waals surface area (Å²) >= 11 is 0. The second kappa shape index (κ2) is 14.5. The first-order valence-electron chi connectivity index (χ1n) is 8.04. The van der Waals surface area contributed by atoms with Gasteiger partial charge in [-0.3, -0.25) is 0 Å². The Hall–Kier alpha value is 0.870. The minimum absolute atomic E-state index is 0. The predicted molar refractivity (Wildman–Crippen MR) is 81.6 cm³/mol. The maximum absolute atomic E-state index is 10.9. The molecule has 0 spiro atoms. The van der Waals surface area contributed by atoms with Gasteiger partial charge in [0.1, 0.15) is 0 Å². The summed E-state index contributed by atoms with van der Waals surface area (Å²) in [6, 6.07) is 0. The molecule has 2 atom stereocenters. The SMILES string of the molecule is CCCCCCC(O)CCCCCC(CC)S(=O)(=O)[O-].[Na+]. The summed E-state index contributed by atoms with van der Waals surface area (Å²) in [6.45, 7) is 3.91. The third kappa shape index (κ3) is 14.2. The molecule has 2 unspecified atom stereocenters. The summed E-state index contributed by atoms with van der Waals surface area (Å²) in [5, 5.41) is 9.05. The predicted octanol–water partition coefficient (Wildman–Crippen LogP) is 0.596. The molecule has 0 saturated heterocycles. The van der Waals surface area contributed by atoms with Gasteiger partial charge in [-0.15, -0.1) is 0 Å². The van der Waals surface area contributed by atoms with Crippen molar-refractivity contribution in [3.63, 3.8) is 0 Å². The van der Waals surface area contributed by atoms with E-state index >= 15 is 0 Å². The molecule has 0 amide bonds. The molecule has 0 bridgehead atoms. The van der Waals surface area contributed by atoms with E-state index in [4.69, 9.17) is 0 Å².